The van der Waals surface area contributed by atoms with E-state index in [9.17, 15) is 14.4 Å². The largest absolute Gasteiger partial charge is 0.462 e. The van der Waals surface area contributed by atoms with Crippen molar-refractivity contribution in [2.45, 2.75) is 194 Å². The maximum Gasteiger partial charge on any atom is 0.306 e. The fraction of sp³-hybridized carbons (Fsp3) is 0.821. The number of carbonyl (C=O) groups excluding carboxylic acids is 3. The van der Waals surface area contributed by atoms with Crippen LogP contribution in [0.1, 0.15) is 188 Å². The van der Waals surface area contributed by atoms with Crippen LogP contribution in [0.25, 0.3) is 0 Å². The molecule has 0 rings (SSSR count). The highest BCUT2D eigenvalue weighted by Crippen LogP contribution is 2.12. The summed E-state index contributed by atoms with van der Waals surface area (Å²) >= 11 is 0. The number of hydrogen-bond acceptors (Lipinski definition) is 6. The highest BCUT2D eigenvalue weighted by Gasteiger charge is 2.18. The lowest BCUT2D eigenvalue weighted by atomic mass is 10.1. The Labute approximate surface area is 277 Å². The van der Waals surface area contributed by atoms with Gasteiger partial charge in [-0.15, -0.1) is 0 Å². The Morgan fingerprint density at radius 1 is 0.467 bits per heavy atom. The zero-order chi connectivity index (χ0) is 33.1. The van der Waals surface area contributed by atoms with Crippen LogP contribution >= 0.6 is 0 Å². The molecule has 6 heteroatoms. The lowest BCUT2D eigenvalue weighted by Gasteiger charge is -2.17. The Balaban J connectivity index is 3.89. The van der Waals surface area contributed by atoms with Gasteiger partial charge in [-0.2, -0.15) is 0 Å². The monoisotopic (exact) mass is 635 g/mol. The van der Waals surface area contributed by atoms with E-state index in [1.165, 1.54) is 103 Å². The first kappa shape index (κ1) is 42.9. The second-order valence-electron chi connectivity index (χ2n) is 12.6. The van der Waals surface area contributed by atoms with Gasteiger partial charge in [-0.05, 0) is 64.2 Å². The number of ether oxygens (including phenoxy) is 3. The quantitative estimate of drug-likeness (QED) is 0.0309. The standard InChI is InChI=1S/C39H70O6/c1-4-6-8-10-12-14-16-18-19-21-22-24-26-28-30-32-38(41)44-35-37(34-43-36(3)40)45-39(42)33-31-29-27-25-23-20-17-15-13-11-9-7-5-2/h15,17-19,37H,4-14,16,20-35H2,1-3H3/b17-15-,19-18-/t37-/m1/s1. The van der Waals surface area contributed by atoms with Crippen molar-refractivity contribution in [3.8, 4) is 0 Å². The van der Waals surface area contributed by atoms with Gasteiger partial charge in [0.05, 0.1) is 0 Å². The summed E-state index contributed by atoms with van der Waals surface area (Å²) < 4.78 is 15.9. The number of carbonyl (C=O) groups is 3. The summed E-state index contributed by atoms with van der Waals surface area (Å²) in [5.74, 6) is -1.10. The van der Waals surface area contributed by atoms with Gasteiger partial charge in [0.15, 0.2) is 6.10 Å². The molecule has 0 aromatic heterocycles. The zero-order valence-corrected chi connectivity index (χ0v) is 29.6. The molecule has 0 saturated heterocycles. The molecule has 0 unspecified atom stereocenters. The van der Waals surface area contributed by atoms with Crippen molar-refractivity contribution >= 4 is 17.9 Å². The van der Waals surface area contributed by atoms with Crippen LogP contribution < -0.4 is 0 Å². The molecule has 0 aliphatic heterocycles. The highest BCUT2D eigenvalue weighted by molar-refractivity contribution is 5.70. The minimum absolute atomic E-state index is 0.0882. The first-order chi connectivity index (χ1) is 22.0. The third kappa shape index (κ3) is 34.6. The number of allylic oxidation sites excluding steroid dienone is 4. The fourth-order valence-electron chi connectivity index (χ4n) is 5.16. The molecule has 0 aliphatic rings. The third-order valence-electron chi connectivity index (χ3n) is 7.99. The molecule has 6 nitrogen and oxygen atoms in total. The number of hydrogen-bond donors (Lipinski definition) is 0. The Hall–Kier alpha value is -2.11. The third-order valence-corrected chi connectivity index (χ3v) is 7.99. The smallest absolute Gasteiger partial charge is 0.306 e. The van der Waals surface area contributed by atoms with Crippen molar-refractivity contribution in [1.29, 1.82) is 0 Å². The SMILES string of the molecule is CCCCCC/C=C\CCCCCCCC(=O)O[C@H](COC(C)=O)COC(=O)CCCCCCC/C=C\CCCCCCCC. The molecule has 0 saturated carbocycles. The molecule has 262 valence electrons. The molecule has 0 fully saturated rings. The van der Waals surface area contributed by atoms with Crippen LogP contribution in [-0.2, 0) is 28.6 Å². The van der Waals surface area contributed by atoms with Crippen LogP contribution in [0.2, 0.25) is 0 Å². The molecule has 0 radical (unpaired) electrons. The van der Waals surface area contributed by atoms with Gasteiger partial charge >= 0.3 is 17.9 Å². The van der Waals surface area contributed by atoms with Crippen LogP contribution in [0.5, 0.6) is 0 Å². The molecule has 0 amide bonds. The summed E-state index contributed by atoms with van der Waals surface area (Å²) in [4.78, 5) is 35.9. The van der Waals surface area contributed by atoms with Gasteiger partial charge in [0.2, 0.25) is 0 Å². The molecular weight excluding hydrogens is 564 g/mol. The normalized spacial score (nSPS) is 12.2. The van der Waals surface area contributed by atoms with Gasteiger partial charge in [0.25, 0.3) is 0 Å². The van der Waals surface area contributed by atoms with Gasteiger partial charge in [0, 0.05) is 19.8 Å². The van der Waals surface area contributed by atoms with Crippen molar-refractivity contribution in [2.24, 2.45) is 0 Å². The number of rotatable bonds is 33. The van der Waals surface area contributed by atoms with Gasteiger partial charge in [-0.1, -0.05) is 128 Å². The van der Waals surface area contributed by atoms with Gasteiger partial charge in [-0.25, -0.2) is 0 Å². The lowest BCUT2D eigenvalue weighted by molar-refractivity contribution is -0.166. The van der Waals surface area contributed by atoms with Gasteiger partial charge < -0.3 is 14.2 Å². The summed E-state index contributed by atoms with van der Waals surface area (Å²) in [6.45, 7) is 5.61. The van der Waals surface area contributed by atoms with Crippen LogP contribution in [0.3, 0.4) is 0 Å². The average molecular weight is 635 g/mol. The highest BCUT2D eigenvalue weighted by atomic mass is 16.6. The Morgan fingerprint density at radius 3 is 1.27 bits per heavy atom. The van der Waals surface area contributed by atoms with Crippen LogP contribution in [-0.4, -0.2) is 37.2 Å². The minimum atomic E-state index is -0.770. The Morgan fingerprint density at radius 2 is 0.822 bits per heavy atom. The summed E-state index contributed by atoms with van der Waals surface area (Å²) in [5.41, 5.74) is 0. The molecule has 0 bridgehead atoms. The summed E-state index contributed by atoms with van der Waals surface area (Å²) in [7, 11) is 0. The molecular formula is C39H70O6. The summed E-state index contributed by atoms with van der Waals surface area (Å²) in [6, 6.07) is 0. The number of unbranched alkanes of at least 4 members (excludes halogenated alkanes) is 20. The van der Waals surface area contributed by atoms with Crippen molar-refractivity contribution in [3.63, 3.8) is 0 Å². The van der Waals surface area contributed by atoms with Gasteiger partial charge in [0.1, 0.15) is 13.2 Å². The zero-order valence-electron chi connectivity index (χ0n) is 29.6. The van der Waals surface area contributed by atoms with Crippen LogP contribution in [0.4, 0.5) is 0 Å². The van der Waals surface area contributed by atoms with E-state index < -0.39 is 12.1 Å². The molecule has 0 N–H and O–H groups in total. The molecule has 0 heterocycles. The number of esters is 3. The van der Waals surface area contributed by atoms with Crippen molar-refractivity contribution < 1.29 is 28.6 Å². The molecule has 0 aromatic carbocycles. The van der Waals surface area contributed by atoms with Crippen molar-refractivity contribution in [3.05, 3.63) is 24.3 Å². The maximum absolute atomic E-state index is 12.4. The second kappa shape index (κ2) is 34.8. The first-order valence-electron chi connectivity index (χ1n) is 18.8. The van der Waals surface area contributed by atoms with E-state index in [2.05, 4.69) is 38.2 Å². The van der Waals surface area contributed by atoms with E-state index in [-0.39, 0.29) is 25.2 Å². The van der Waals surface area contributed by atoms with Crippen LogP contribution in [0, 0.1) is 0 Å². The molecule has 1 atom stereocenters. The Bertz CT molecular complexity index is 744. The minimum Gasteiger partial charge on any atom is -0.462 e. The Kier molecular flexibility index (Phi) is 33.1. The first-order valence-corrected chi connectivity index (χ1v) is 18.8. The van der Waals surface area contributed by atoms with Crippen molar-refractivity contribution in [2.75, 3.05) is 13.2 Å². The van der Waals surface area contributed by atoms with Crippen molar-refractivity contribution in [1.82, 2.24) is 0 Å². The van der Waals surface area contributed by atoms with E-state index in [1.54, 1.807) is 0 Å². The van der Waals surface area contributed by atoms with E-state index in [4.69, 9.17) is 14.2 Å². The molecule has 0 aliphatic carbocycles. The fourth-order valence-corrected chi connectivity index (χ4v) is 5.16. The molecule has 45 heavy (non-hydrogen) atoms. The maximum atomic E-state index is 12.4. The second-order valence-corrected chi connectivity index (χ2v) is 12.6. The lowest BCUT2D eigenvalue weighted by Crippen LogP contribution is -2.30. The molecule has 0 spiro atoms. The summed E-state index contributed by atoms with van der Waals surface area (Å²) in [5, 5.41) is 0. The van der Waals surface area contributed by atoms with E-state index in [1.807, 2.05) is 0 Å². The predicted molar refractivity (Wildman–Crippen MR) is 187 cm³/mol. The summed E-state index contributed by atoms with van der Waals surface area (Å²) in [6.07, 6.45) is 37.6. The van der Waals surface area contributed by atoms with E-state index in [0.29, 0.717) is 12.8 Å². The van der Waals surface area contributed by atoms with E-state index >= 15 is 0 Å². The molecule has 0 aromatic rings. The van der Waals surface area contributed by atoms with Crippen LogP contribution in [0.15, 0.2) is 24.3 Å². The van der Waals surface area contributed by atoms with Gasteiger partial charge in [-0.3, -0.25) is 14.4 Å². The predicted octanol–water partition coefficient (Wildman–Crippen LogP) is 11.3. The van der Waals surface area contributed by atoms with E-state index in [0.717, 1.165) is 57.8 Å². The topological polar surface area (TPSA) is 78.9 Å². The average Bonchev–Trinajstić information content (AvgIpc) is 3.02.